The number of amides is 1. The van der Waals surface area contributed by atoms with E-state index in [1.807, 2.05) is 6.07 Å². The van der Waals surface area contributed by atoms with Crippen LogP contribution in [0.1, 0.15) is 28.8 Å². The van der Waals surface area contributed by atoms with Crippen LogP contribution >= 0.6 is 0 Å². The molecule has 0 aromatic heterocycles. The maximum atomic E-state index is 12.5. The Labute approximate surface area is 168 Å². The van der Waals surface area contributed by atoms with Crippen molar-refractivity contribution >= 4 is 22.4 Å². The van der Waals surface area contributed by atoms with Crippen molar-refractivity contribution in [2.75, 3.05) is 18.5 Å². The summed E-state index contributed by atoms with van der Waals surface area (Å²) in [6, 6.07) is 11.7. The Morgan fingerprint density at radius 2 is 1.83 bits per heavy atom. The van der Waals surface area contributed by atoms with Crippen LogP contribution in [0.4, 0.5) is 18.9 Å². The molecule has 1 heterocycles. The Hall–Kier alpha value is -2.39. The number of halogens is 3. The average Bonchev–Trinajstić information content (AvgIpc) is 2.68. The predicted octanol–water partition coefficient (Wildman–Crippen LogP) is 4.27. The largest absolute Gasteiger partial charge is 0.573 e. The van der Waals surface area contributed by atoms with E-state index in [2.05, 4.69) is 10.1 Å². The lowest BCUT2D eigenvalue weighted by molar-refractivity contribution is -0.274. The molecule has 1 amide bonds. The molecule has 1 saturated heterocycles. The number of benzene rings is 2. The first kappa shape index (κ1) is 21.3. The lowest BCUT2D eigenvalue weighted by Crippen LogP contribution is -2.25. The minimum Gasteiger partial charge on any atom is -0.406 e. The molecule has 0 aliphatic carbocycles. The number of alkyl halides is 3. The molecule has 1 unspecified atom stereocenters. The maximum absolute atomic E-state index is 12.5. The highest BCUT2D eigenvalue weighted by Gasteiger charge is 2.31. The molecule has 3 rings (SSSR count). The van der Waals surface area contributed by atoms with Gasteiger partial charge in [0.25, 0.3) is 5.91 Å². The summed E-state index contributed by atoms with van der Waals surface area (Å²) < 4.78 is 58.2. The van der Waals surface area contributed by atoms with E-state index in [0.29, 0.717) is 24.7 Å². The third-order valence-corrected chi connectivity index (χ3v) is 6.22. The van der Waals surface area contributed by atoms with E-state index in [9.17, 15) is 22.2 Å². The molecular formula is C20H20F3NO4S. The zero-order valence-electron chi connectivity index (χ0n) is 15.4. The van der Waals surface area contributed by atoms with Crippen LogP contribution in [0, 0.1) is 0 Å². The van der Waals surface area contributed by atoms with Crippen molar-refractivity contribution in [3.05, 3.63) is 59.7 Å². The van der Waals surface area contributed by atoms with Crippen molar-refractivity contribution in [2.45, 2.75) is 30.2 Å². The molecule has 1 atom stereocenters. The van der Waals surface area contributed by atoms with Gasteiger partial charge in [0.2, 0.25) is 0 Å². The zero-order valence-corrected chi connectivity index (χ0v) is 16.2. The highest BCUT2D eigenvalue weighted by Crippen LogP contribution is 2.23. The Bertz CT molecular complexity index is 865. The minimum atomic E-state index is -4.78. The van der Waals surface area contributed by atoms with Gasteiger partial charge in [-0.15, -0.1) is 13.2 Å². The van der Waals surface area contributed by atoms with Gasteiger partial charge >= 0.3 is 6.36 Å². The molecule has 156 valence electrons. The smallest absolute Gasteiger partial charge is 0.406 e. The van der Waals surface area contributed by atoms with Crippen LogP contribution in [0.25, 0.3) is 0 Å². The monoisotopic (exact) mass is 427 g/mol. The van der Waals surface area contributed by atoms with E-state index in [0.717, 1.165) is 30.5 Å². The highest BCUT2D eigenvalue weighted by molar-refractivity contribution is 7.84. The normalized spacial score (nSPS) is 16.2. The molecular weight excluding hydrogens is 407 g/mol. The maximum Gasteiger partial charge on any atom is 0.573 e. The van der Waals surface area contributed by atoms with Crippen LogP contribution in [-0.2, 0) is 21.3 Å². The van der Waals surface area contributed by atoms with Crippen molar-refractivity contribution in [2.24, 2.45) is 0 Å². The van der Waals surface area contributed by atoms with E-state index in [1.54, 1.807) is 18.2 Å². The fourth-order valence-electron chi connectivity index (χ4n) is 2.97. The van der Waals surface area contributed by atoms with Gasteiger partial charge in [0, 0.05) is 46.3 Å². The fraction of sp³-hybridized carbons (Fsp3) is 0.350. The molecule has 5 nitrogen and oxygen atoms in total. The van der Waals surface area contributed by atoms with Crippen LogP contribution < -0.4 is 10.1 Å². The van der Waals surface area contributed by atoms with Crippen LogP contribution in [0.3, 0.4) is 0 Å². The zero-order chi connectivity index (χ0) is 20.9. The summed E-state index contributed by atoms with van der Waals surface area (Å²) in [6.45, 7) is 1.25. The van der Waals surface area contributed by atoms with Crippen LogP contribution in [0.5, 0.6) is 5.75 Å². The standard InChI is InChI=1S/C20H20F3NO4S/c21-20(22,23)28-17-6-4-15(5-7-17)19(25)24-16-3-1-2-14(12-16)13-29(26)18-8-10-27-11-9-18/h1-7,12,18H,8-11,13H2,(H,24,25). The third kappa shape index (κ3) is 6.57. The summed E-state index contributed by atoms with van der Waals surface area (Å²) >= 11 is 0. The summed E-state index contributed by atoms with van der Waals surface area (Å²) in [5, 5.41) is 2.81. The van der Waals surface area contributed by atoms with E-state index in [-0.39, 0.29) is 10.8 Å². The second-order valence-electron chi connectivity index (χ2n) is 6.56. The van der Waals surface area contributed by atoms with Crippen LogP contribution in [0.2, 0.25) is 0 Å². The number of nitrogens with one attached hydrogen (secondary N) is 1. The molecule has 0 spiro atoms. The molecule has 9 heteroatoms. The Kier molecular flexibility index (Phi) is 6.92. The van der Waals surface area contributed by atoms with Gasteiger partial charge in [0.15, 0.2) is 0 Å². The van der Waals surface area contributed by atoms with Crippen molar-refractivity contribution in [1.29, 1.82) is 0 Å². The Balaban J connectivity index is 1.60. The van der Waals surface area contributed by atoms with Crippen molar-refractivity contribution < 1.29 is 31.6 Å². The van der Waals surface area contributed by atoms with Crippen LogP contribution in [0.15, 0.2) is 48.5 Å². The molecule has 2 aromatic carbocycles. The predicted molar refractivity (Wildman–Crippen MR) is 103 cm³/mol. The highest BCUT2D eigenvalue weighted by atomic mass is 32.2. The van der Waals surface area contributed by atoms with Gasteiger partial charge in [-0.1, -0.05) is 12.1 Å². The summed E-state index contributed by atoms with van der Waals surface area (Å²) in [6.07, 6.45) is -3.23. The minimum absolute atomic E-state index is 0.111. The molecule has 1 aliphatic rings. The number of carbonyl (C=O) groups excluding carboxylic acids is 1. The van der Waals surface area contributed by atoms with Gasteiger partial charge in [-0.05, 0) is 54.8 Å². The van der Waals surface area contributed by atoms with E-state index in [1.165, 1.54) is 12.1 Å². The SMILES string of the molecule is O=C(Nc1cccc(CS(=O)C2CCOCC2)c1)c1ccc(OC(F)(F)F)cc1. The van der Waals surface area contributed by atoms with Crippen molar-refractivity contribution in [1.82, 2.24) is 0 Å². The lowest BCUT2D eigenvalue weighted by atomic mass is 10.2. The molecule has 29 heavy (non-hydrogen) atoms. The first-order valence-electron chi connectivity index (χ1n) is 9.01. The second kappa shape index (κ2) is 9.41. The summed E-state index contributed by atoms with van der Waals surface area (Å²) in [5.41, 5.74) is 1.55. The Morgan fingerprint density at radius 1 is 1.14 bits per heavy atom. The molecule has 0 radical (unpaired) electrons. The van der Waals surface area contributed by atoms with Gasteiger partial charge in [-0.2, -0.15) is 0 Å². The quantitative estimate of drug-likeness (QED) is 0.748. The number of carbonyl (C=O) groups is 1. The summed E-state index contributed by atoms with van der Waals surface area (Å²) in [4.78, 5) is 12.3. The van der Waals surface area contributed by atoms with Crippen molar-refractivity contribution in [3.63, 3.8) is 0 Å². The number of hydrogen-bond donors (Lipinski definition) is 1. The fourth-order valence-corrected chi connectivity index (χ4v) is 4.43. The van der Waals surface area contributed by atoms with E-state index in [4.69, 9.17) is 4.74 Å². The molecule has 0 saturated carbocycles. The topological polar surface area (TPSA) is 64.6 Å². The number of anilines is 1. The molecule has 0 bridgehead atoms. The van der Waals surface area contributed by atoms with Gasteiger partial charge in [0.1, 0.15) is 5.75 Å². The average molecular weight is 427 g/mol. The first-order chi connectivity index (χ1) is 13.8. The van der Waals surface area contributed by atoms with Gasteiger partial charge in [-0.25, -0.2) is 0 Å². The van der Waals surface area contributed by atoms with E-state index >= 15 is 0 Å². The van der Waals surface area contributed by atoms with Gasteiger partial charge < -0.3 is 14.8 Å². The summed E-state index contributed by atoms with van der Waals surface area (Å²) in [5.74, 6) is -0.476. The Morgan fingerprint density at radius 3 is 2.48 bits per heavy atom. The van der Waals surface area contributed by atoms with Gasteiger partial charge in [-0.3, -0.25) is 9.00 Å². The number of hydrogen-bond acceptors (Lipinski definition) is 4. The number of ether oxygens (including phenoxy) is 2. The molecule has 1 fully saturated rings. The second-order valence-corrected chi connectivity index (χ2v) is 8.28. The number of rotatable bonds is 6. The third-order valence-electron chi connectivity index (χ3n) is 4.38. The van der Waals surface area contributed by atoms with Crippen LogP contribution in [-0.4, -0.2) is 34.9 Å². The summed E-state index contributed by atoms with van der Waals surface area (Å²) in [7, 11) is -1.02. The molecule has 1 aliphatic heterocycles. The van der Waals surface area contributed by atoms with Crippen molar-refractivity contribution in [3.8, 4) is 5.75 Å². The lowest BCUT2D eigenvalue weighted by Gasteiger charge is -2.21. The van der Waals surface area contributed by atoms with Gasteiger partial charge in [0.05, 0.1) is 0 Å². The molecule has 1 N–H and O–H groups in total. The van der Waals surface area contributed by atoms with E-state index < -0.39 is 28.8 Å². The first-order valence-corrected chi connectivity index (χ1v) is 10.4. The molecule has 2 aromatic rings.